The zero-order chi connectivity index (χ0) is 18.6. The van der Waals surface area contributed by atoms with Crippen molar-refractivity contribution in [3.63, 3.8) is 0 Å². The first-order chi connectivity index (χ1) is 12.4. The van der Waals surface area contributed by atoms with Gasteiger partial charge in [-0.1, -0.05) is 30.3 Å². The van der Waals surface area contributed by atoms with Crippen LogP contribution in [0, 0.1) is 6.92 Å². The Bertz CT molecular complexity index is 849. The van der Waals surface area contributed by atoms with E-state index in [1.807, 2.05) is 48.2 Å². The molecular formula is C19H17F3N4. The lowest BCUT2D eigenvalue weighted by molar-refractivity contribution is -0.141. The Morgan fingerprint density at radius 2 is 1.73 bits per heavy atom. The fraction of sp³-hybridized carbons (Fsp3) is 0.211. The normalized spacial score (nSPS) is 11.4. The van der Waals surface area contributed by atoms with Crippen LogP contribution >= 0.6 is 0 Å². The fourth-order valence-electron chi connectivity index (χ4n) is 2.57. The highest BCUT2D eigenvalue weighted by Gasteiger charge is 2.33. The number of hydrogen-bond acceptors (Lipinski definition) is 4. The summed E-state index contributed by atoms with van der Waals surface area (Å²) >= 11 is 0. The summed E-state index contributed by atoms with van der Waals surface area (Å²) < 4.78 is 38.2. The standard InChI is InChI=1S/C19H17F3N4/c1-14-5-2-3-7-16(14)13-26(12-15-6-4-10-23-11-15)18-9-8-17(24-25-18)19(20,21)22/h2-11H,12-13H2,1H3. The predicted molar refractivity (Wildman–Crippen MR) is 92.3 cm³/mol. The van der Waals surface area contributed by atoms with Gasteiger partial charge in [0.05, 0.1) is 0 Å². The van der Waals surface area contributed by atoms with Gasteiger partial charge >= 0.3 is 6.18 Å². The third kappa shape index (κ3) is 4.36. The molecule has 0 bridgehead atoms. The minimum absolute atomic E-state index is 0.380. The SMILES string of the molecule is Cc1ccccc1CN(Cc1cccnc1)c1ccc(C(F)(F)F)nn1. The molecule has 0 radical (unpaired) electrons. The van der Waals surface area contributed by atoms with Gasteiger partial charge in [-0.25, -0.2) is 0 Å². The number of anilines is 1. The average molecular weight is 358 g/mol. The van der Waals surface area contributed by atoms with Gasteiger partial charge in [0.15, 0.2) is 11.5 Å². The second-order valence-electron chi connectivity index (χ2n) is 5.92. The molecule has 0 unspecified atom stereocenters. The van der Waals surface area contributed by atoms with Crippen molar-refractivity contribution in [1.82, 2.24) is 15.2 Å². The molecule has 0 aliphatic rings. The molecule has 0 amide bonds. The van der Waals surface area contributed by atoms with E-state index in [1.54, 1.807) is 12.4 Å². The van der Waals surface area contributed by atoms with Crippen LogP contribution < -0.4 is 4.90 Å². The van der Waals surface area contributed by atoms with Crippen molar-refractivity contribution in [1.29, 1.82) is 0 Å². The summed E-state index contributed by atoms with van der Waals surface area (Å²) in [6.07, 6.45) is -1.11. The highest BCUT2D eigenvalue weighted by molar-refractivity contribution is 5.41. The Hall–Kier alpha value is -2.96. The van der Waals surface area contributed by atoms with E-state index in [9.17, 15) is 13.2 Å². The number of nitrogens with zero attached hydrogens (tertiary/aromatic N) is 4. The molecule has 0 aliphatic heterocycles. The molecule has 4 nitrogen and oxygen atoms in total. The van der Waals surface area contributed by atoms with Crippen molar-refractivity contribution in [2.45, 2.75) is 26.2 Å². The first-order valence-electron chi connectivity index (χ1n) is 8.03. The van der Waals surface area contributed by atoms with Crippen molar-refractivity contribution < 1.29 is 13.2 Å². The molecule has 7 heteroatoms. The van der Waals surface area contributed by atoms with E-state index < -0.39 is 11.9 Å². The van der Waals surface area contributed by atoms with Gasteiger partial charge in [0.1, 0.15) is 0 Å². The maximum absolute atomic E-state index is 12.7. The highest BCUT2D eigenvalue weighted by atomic mass is 19.4. The molecule has 26 heavy (non-hydrogen) atoms. The number of alkyl halides is 3. The molecule has 0 atom stereocenters. The topological polar surface area (TPSA) is 41.9 Å². The van der Waals surface area contributed by atoms with Gasteiger partial charge in [-0.05, 0) is 41.8 Å². The van der Waals surface area contributed by atoms with Crippen molar-refractivity contribution in [2.75, 3.05) is 4.90 Å². The first kappa shape index (κ1) is 17.8. The van der Waals surface area contributed by atoms with Crippen LogP contribution in [-0.4, -0.2) is 15.2 Å². The summed E-state index contributed by atoms with van der Waals surface area (Å²) in [5.41, 5.74) is 2.10. The second-order valence-corrected chi connectivity index (χ2v) is 5.92. The van der Waals surface area contributed by atoms with Gasteiger partial charge in [-0.15, -0.1) is 10.2 Å². The molecule has 2 heterocycles. The van der Waals surface area contributed by atoms with Crippen molar-refractivity contribution in [3.05, 3.63) is 83.3 Å². The molecule has 0 aliphatic carbocycles. The van der Waals surface area contributed by atoms with Crippen LogP contribution in [0.15, 0.2) is 60.9 Å². The number of pyridine rings is 1. The highest BCUT2D eigenvalue weighted by Crippen LogP contribution is 2.28. The Kier molecular flexibility index (Phi) is 5.16. The minimum atomic E-state index is -4.50. The Morgan fingerprint density at radius 1 is 0.923 bits per heavy atom. The summed E-state index contributed by atoms with van der Waals surface area (Å²) in [5, 5.41) is 7.15. The third-order valence-electron chi connectivity index (χ3n) is 3.98. The molecule has 134 valence electrons. The summed E-state index contributed by atoms with van der Waals surface area (Å²) in [6, 6.07) is 13.9. The van der Waals surface area contributed by atoms with Gasteiger partial charge in [-0.2, -0.15) is 13.2 Å². The largest absolute Gasteiger partial charge is 0.435 e. The zero-order valence-corrected chi connectivity index (χ0v) is 14.1. The Morgan fingerprint density at radius 3 is 2.35 bits per heavy atom. The first-order valence-corrected chi connectivity index (χ1v) is 8.03. The zero-order valence-electron chi connectivity index (χ0n) is 14.1. The maximum Gasteiger partial charge on any atom is 0.435 e. The van der Waals surface area contributed by atoms with Crippen molar-refractivity contribution >= 4 is 5.82 Å². The van der Waals surface area contributed by atoms with Gasteiger partial charge in [0.25, 0.3) is 0 Å². The van der Waals surface area contributed by atoms with Gasteiger partial charge < -0.3 is 4.90 Å². The number of benzene rings is 1. The van der Waals surface area contributed by atoms with Crippen molar-refractivity contribution in [3.8, 4) is 0 Å². The quantitative estimate of drug-likeness (QED) is 0.678. The number of rotatable bonds is 5. The predicted octanol–water partition coefficient (Wildman–Crippen LogP) is 4.41. The van der Waals surface area contributed by atoms with E-state index in [1.165, 1.54) is 6.07 Å². The van der Waals surface area contributed by atoms with Crippen LogP contribution in [0.3, 0.4) is 0 Å². The van der Waals surface area contributed by atoms with E-state index in [4.69, 9.17) is 0 Å². The average Bonchev–Trinajstić information content (AvgIpc) is 2.63. The second kappa shape index (κ2) is 7.51. The fourth-order valence-corrected chi connectivity index (χ4v) is 2.57. The smallest absolute Gasteiger partial charge is 0.346 e. The summed E-state index contributed by atoms with van der Waals surface area (Å²) in [5.74, 6) is 0.380. The Labute approximate surface area is 149 Å². The molecule has 0 fully saturated rings. The molecule has 3 aromatic rings. The lowest BCUT2D eigenvalue weighted by Gasteiger charge is -2.24. The molecule has 0 saturated carbocycles. The van der Waals surface area contributed by atoms with E-state index in [-0.39, 0.29) is 0 Å². The van der Waals surface area contributed by atoms with Gasteiger partial charge in [-0.3, -0.25) is 4.98 Å². The van der Waals surface area contributed by atoms with E-state index in [2.05, 4.69) is 15.2 Å². The molecule has 0 N–H and O–H groups in total. The van der Waals surface area contributed by atoms with E-state index >= 15 is 0 Å². The minimum Gasteiger partial charge on any atom is -0.346 e. The van der Waals surface area contributed by atoms with Crippen LogP contribution in [0.4, 0.5) is 19.0 Å². The molecule has 1 aromatic carbocycles. The van der Waals surface area contributed by atoms with E-state index in [0.717, 1.165) is 22.8 Å². The lowest BCUT2D eigenvalue weighted by Crippen LogP contribution is -2.24. The number of aryl methyl sites for hydroxylation is 1. The molecule has 0 saturated heterocycles. The number of halogens is 3. The monoisotopic (exact) mass is 358 g/mol. The Balaban J connectivity index is 1.90. The number of hydrogen-bond donors (Lipinski definition) is 0. The molecule has 3 rings (SSSR count). The van der Waals surface area contributed by atoms with Crippen molar-refractivity contribution in [2.24, 2.45) is 0 Å². The van der Waals surface area contributed by atoms with Crippen LogP contribution in [-0.2, 0) is 19.3 Å². The number of aromatic nitrogens is 3. The molecular weight excluding hydrogens is 341 g/mol. The van der Waals surface area contributed by atoms with Gasteiger partial charge in [0, 0.05) is 25.5 Å². The van der Waals surface area contributed by atoms with E-state index in [0.29, 0.717) is 18.9 Å². The summed E-state index contributed by atoms with van der Waals surface area (Å²) in [4.78, 5) is 5.97. The van der Waals surface area contributed by atoms with Gasteiger partial charge in [0.2, 0.25) is 0 Å². The maximum atomic E-state index is 12.7. The summed E-state index contributed by atoms with van der Waals surface area (Å²) in [7, 11) is 0. The third-order valence-corrected chi connectivity index (χ3v) is 3.98. The molecule has 2 aromatic heterocycles. The van der Waals surface area contributed by atoms with Crippen LogP contribution in [0.1, 0.15) is 22.4 Å². The lowest BCUT2D eigenvalue weighted by atomic mass is 10.1. The molecule has 0 spiro atoms. The van der Waals surface area contributed by atoms with Crippen LogP contribution in [0.25, 0.3) is 0 Å². The van der Waals surface area contributed by atoms with Crippen LogP contribution in [0.2, 0.25) is 0 Å². The van der Waals surface area contributed by atoms with Crippen LogP contribution in [0.5, 0.6) is 0 Å². The summed E-state index contributed by atoms with van der Waals surface area (Å²) in [6.45, 7) is 2.96.